The highest BCUT2D eigenvalue weighted by Crippen LogP contribution is 2.41. The van der Waals surface area contributed by atoms with Gasteiger partial charge in [-0.2, -0.15) is 0 Å². The van der Waals surface area contributed by atoms with Gasteiger partial charge in [-0.25, -0.2) is 25.0 Å². The normalized spacial score (nSPS) is 13.0. The molecule has 9 aromatic heterocycles. The van der Waals surface area contributed by atoms with E-state index in [0.717, 1.165) is 41.0 Å². The number of pyridine rings is 4. The molecule has 3 aliphatic rings. The number of nitrogens with one attached hydrogen (secondary N) is 5. The summed E-state index contributed by atoms with van der Waals surface area (Å²) in [5.41, 5.74) is 7.34. The number of carbonyl (C=O) groups is 3. The summed E-state index contributed by atoms with van der Waals surface area (Å²) in [7, 11) is 3.17. The highest BCUT2D eigenvalue weighted by Gasteiger charge is 2.36. The van der Waals surface area contributed by atoms with Gasteiger partial charge in [0.25, 0.3) is 0 Å². The zero-order chi connectivity index (χ0) is 96.1. The Morgan fingerprint density at radius 1 is 0.456 bits per heavy atom. The molecule has 44 heteroatoms. The molecule has 0 amide bonds. The topological polar surface area (TPSA) is 464 Å². The summed E-state index contributed by atoms with van der Waals surface area (Å²) in [4.78, 5) is 114. The minimum Gasteiger partial charge on any atom is -0.497 e. The highest BCUT2D eigenvalue weighted by atomic mass is 79.9. The molecule has 3 aliphatic heterocycles. The number of halogens is 5. The third-order valence-electron chi connectivity index (χ3n) is 22.2. The first-order valence-electron chi connectivity index (χ1n) is 42.0. The van der Waals surface area contributed by atoms with E-state index < -0.39 is 19.7 Å². The lowest BCUT2D eigenvalue weighted by Gasteiger charge is -2.28. The number of benzene rings is 6. The van der Waals surface area contributed by atoms with E-state index in [-0.39, 0.29) is 90.5 Å². The molecule has 5 N–H and O–H groups in total. The molecule has 6 aromatic carbocycles. The number of nitro groups is 4. The fourth-order valence-electron chi connectivity index (χ4n) is 15.2. The van der Waals surface area contributed by atoms with Crippen molar-refractivity contribution in [2.45, 2.75) is 40.8 Å². The van der Waals surface area contributed by atoms with Crippen molar-refractivity contribution in [1.29, 1.82) is 0 Å². The molecule has 39 nitrogen and oxygen atoms in total. The Labute approximate surface area is 802 Å². The molecular formula is C92H83BrCl4N23O16+. The lowest BCUT2D eigenvalue weighted by atomic mass is 10.0. The minimum atomic E-state index is -0.527. The Bertz CT molecular complexity index is 7070. The Morgan fingerprint density at radius 3 is 1.24 bits per heavy atom. The van der Waals surface area contributed by atoms with E-state index in [2.05, 4.69) is 87.2 Å². The van der Waals surface area contributed by atoms with Crippen LogP contribution < -0.4 is 44.6 Å². The summed E-state index contributed by atoms with van der Waals surface area (Å²) in [5.74, 6) is 2.34. The number of ether oxygens (including phenoxy) is 5. The van der Waals surface area contributed by atoms with Crippen LogP contribution in [0.1, 0.15) is 81.7 Å². The number of carbonyl (C=O) groups excluding carboxylic acids is 3. The molecule has 0 unspecified atom stereocenters. The van der Waals surface area contributed by atoms with E-state index in [9.17, 15) is 54.8 Å². The third-order valence-corrected chi connectivity index (χ3v) is 24.0. The summed E-state index contributed by atoms with van der Waals surface area (Å²) in [6.45, 7) is 14.6. The molecule has 0 atom stereocenters. The molecule has 0 aliphatic carbocycles. The fraction of sp³-hybridized carbons (Fsp3) is 0.217. The molecule has 136 heavy (non-hydrogen) atoms. The second-order valence-electron chi connectivity index (χ2n) is 30.7. The van der Waals surface area contributed by atoms with Crippen LogP contribution in [0.15, 0.2) is 199 Å². The van der Waals surface area contributed by atoms with Crippen LogP contribution in [0.2, 0.25) is 20.1 Å². The van der Waals surface area contributed by atoms with Crippen LogP contribution in [-0.2, 0) is 27.3 Å². The summed E-state index contributed by atoms with van der Waals surface area (Å²) in [6.07, 6.45) is 6.04. The van der Waals surface area contributed by atoms with Crippen molar-refractivity contribution in [2.24, 2.45) is 0 Å². The molecule has 15 aromatic rings. The second-order valence-corrected chi connectivity index (χ2v) is 33.2. The maximum atomic E-state index is 13.6. The van der Waals surface area contributed by atoms with Crippen molar-refractivity contribution >= 4 is 171 Å². The number of nitrogens with zero attached hydrogens (tertiary/aromatic N) is 18. The number of hydrogen-bond donors (Lipinski definition) is 5. The second kappa shape index (κ2) is 42.9. The number of methoxy groups -OCH3 is 2. The molecule has 12 heterocycles. The zero-order valence-corrected chi connectivity index (χ0v) is 78.0. The van der Waals surface area contributed by atoms with E-state index in [1.807, 2.05) is 82.6 Å². The number of aromatic amines is 2. The van der Waals surface area contributed by atoms with Crippen LogP contribution in [-0.4, -0.2) is 190 Å². The van der Waals surface area contributed by atoms with Gasteiger partial charge >= 0.3 is 28.4 Å². The van der Waals surface area contributed by atoms with Gasteiger partial charge in [-0.05, 0) is 139 Å². The quantitative estimate of drug-likeness (QED) is 0.0110. The molecule has 3 fully saturated rings. The summed E-state index contributed by atoms with van der Waals surface area (Å²) in [5, 5.41) is 77.1. The zero-order valence-electron chi connectivity index (χ0n) is 73.3. The first kappa shape index (κ1) is 95.6. The molecule has 0 spiro atoms. The first-order valence-corrected chi connectivity index (χ1v) is 44.3. The van der Waals surface area contributed by atoms with Gasteiger partial charge in [-0.1, -0.05) is 119 Å². The van der Waals surface area contributed by atoms with Crippen molar-refractivity contribution in [2.75, 3.05) is 124 Å². The number of fused-ring (bicyclic) bond motifs is 2. The van der Waals surface area contributed by atoms with E-state index in [0.29, 0.717) is 184 Å². The van der Waals surface area contributed by atoms with Crippen LogP contribution in [0.5, 0.6) is 11.5 Å². The maximum Gasteiger partial charge on any atom is 0.428 e. The van der Waals surface area contributed by atoms with Crippen molar-refractivity contribution in [3.63, 3.8) is 0 Å². The van der Waals surface area contributed by atoms with Gasteiger partial charge in [0.05, 0.1) is 146 Å². The van der Waals surface area contributed by atoms with Crippen molar-refractivity contribution in [3.05, 3.63) is 327 Å². The van der Waals surface area contributed by atoms with Crippen molar-refractivity contribution in [3.8, 4) is 22.8 Å². The van der Waals surface area contributed by atoms with Gasteiger partial charge in [0.1, 0.15) is 56.3 Å². The molecule has 3 saturated heterocycles. The summed E-state index contributed by atoms with van der Waals surface area (Å²) in [6, 6.07) is 49.0. The van der Waals surface area contributed by atoms with Crippen LogP contribution >= 0.6 is 62.3 Å². The molecular weight excluding hydrogens is 1900 g/mol. The predicted molar refractivity (Wildman–Crippen MR) is 514 cm³/mol. The Hall–Kier alpha value is -15.0. The van der Waals surface area contributed by atoms with E-state index in [1.54, 1.807) is 154 Å². The Balaban J connectivity index is 0.000000139. The van der Waals surface area contributed by atoms with E-state index >= 15 is 0 Å². The number of anilines is 9. The summed E-state index contributed by atoms with van der Waals surface area (Å²) >= 11 is 28.5. The van der Waals surface area contributed by atoms with Crippen molar-refractivity contribution in [1.82, 2.24) is 59.8 Å². The average Bonchev–Trinajstić information content (AvgIpc) is 1.54. The van der Waals surface area contributed by atoms with Gasteiger partial charge in [0, 0.05) is 105 Å². The van der Waals surface area contributed by atoms with Gasteiger partial charge in [-0.15, -0.1) is 19.8 Å². The van der Waals surface area contributed by atoms with Crippen LogP contribution in [0.25, 0.3) is 27.8 Å². The number of aromatic nitrogens is 13. The third kappa shape index (κ3) is 21.4. The molecule has 696 valence electrons. The summed E-state index contributed by atoms with van der Waals surface area (Å²) < 4.78 is 31.8. The van der Waals surface area contributed by atoms with Crippen molar-refractivity contribution < 1.29 is 62.3 Å². The lowest BCUT2D eigenvalue weighted by molar-refractivity contribution is -0.567. The molecule has 0 saturated carbocycles. The van der Waals surface area contributed by atoms with Gasteiger partial charge in [0.15, 0.2) is 28.6 Å². The first-order chi connectivity index (χ1) is 65.6. The number of morpholine rings is 3. The number of aryl methyl sites for hydroxylation is 2. The molecule has 0 radical (unpaired) electrons. The van der Waals surface area contributed by atoms with E-state index in [4.69, 9.17) is 70.1 Å². The minimum absolute atomic E-state index is 0.00678. The largest absolute Gasteiger partial charge is 0.497 e. The van der Waals surface area contributed by atoms with E-state index in [1.165, 1.54) is 23.3 Å². The SMILES string of the molecule is COc1ccc(Cn2nc(Nc3cc(Br)ncc3C(=O)c3ccccc3Cl)c([N+](=O)[O-])c2C)cc1.COc1ccc(Cn2nc(Nc3cc(N4CCOCC4)ncc3C(=O)c3ccccc3Cl)c([N+](=O)[O-])c2C)cc1.Cc1[nH][n+]2c(-c3ccccc3Cl)c3cnc(N4CCOCC4)cc3nc2c1[N+](=O)[O-].Cc1[nH]nc(Nc2cc(N3CCOCC3)ncc2C(=O)c2ccccc2Cl)c1[N+](=O)[O-]. The number of ketones is 3. The lowest BCUT2D eigenvalue weighted by Crippen LogP contribution is -2.36. The standard InChI is InChI=1S/C28H27ClN6O5.C24H19BrClN5O4.C20H19ClN6O4.C20H17ClN6O3/c1-18-26(35(37)38)28(32-34(18)17-19-7-9-20(39-2)10-8-19)31-24-15-25(33-11-13-40-14-12-33)30-16-22(24)27(36)21-5-3-4-6-23(21)29;1-14-22(31(33)34)24(29-30(14)13-15-7-9-16(35-2)10-8-15)28-20-11-21(25)27-12-18(20)23(32)17-5-3-4-6-19(17)26;1-12-18(27(29)30)20(25-24-12)23-16-10-17(26-6-8-31-9-7-26)22-11-14(16)19(28)13-4-2-3-5-15(13)21;1-12-18(27(28)29)20-23-16-10-17(25-6-8-30-9-7-25)22-11-14(16)19(26(20)24-12)13-4-2-3-5-15(13)21/h3-10,15-16H,11-14,17H2,1-2H3,(H,30,31,32);3-12H,13H2,1-2H3,(H,27,28,29);2-5,10-11H,6-9H2,1H3,(H2,22,23,24,25);2-5,10-11H,6-9H2,1H3/p+1. The van der Waals surface area contributed by atoms with Gasteiger partial charge in [0.2, 0.25) is 17.5 Å². The van der Waals surface area contributed by atoms with Crippen LogP contribution in [0.3, 0.4) is 0 Å². The van der Waals surface area contributed by atoms with Gasteiger partial charge in [-0.3, -0.25) is 69.3 Å². The monoisotopic (exact) mass is 1980 g/mol. The van der Waals surface area contributed by atoms with Crippen LogP contribution in [0, 0.1) is 68.2 Å². The molecule has 0 bridgehead atoms. The Morgan fingerprint density at radius 2 is 0.831 bits per heavy atom. The molecule has 18 rings (SSSR count). The highest BCUT2D eigenvalue weighted by molar-refractivity contribution is 9.10. The Kier molecular flexibility index (Phi) is 30.1. The number of rotatable bonds is 26. The smallest absolute Gasteiger partial charge is 0.428 e. The van der Waals surface area contributed by atoms with Gasteiger partial charge < -0.3 is 54.3 Å². The fourth-order valence-corrected chi connectivity index (χ4v) is 16.5. The van der Waals surface area contributed by atoms with Crippen LogP contribution in [0.4, 0.5) is 74.7 Å². The predicted octanol–water partition coefficient (Wildman–Crippen LogP) is 17.5. The maximum absolute atomic E-state index is 13.6. The number of hydrogen-bond acceptors (Lipinski definition) is 30. The number of H-pyrrole nitrogens is 2. The average molecular weight is 1990 g/mol.